The molecule has 0 saturated carbocycles. The molecule has 0 aliphatic heterocycles. The summed E-state index contributed by atoms with van der Waals surface area (Å²) in [5.74, 6) is 1.58. The van der Waals surface area contributed by atoms with E-state index < -0.39 is 0 Å². The van der Waals surface area contributed by atoms with E-state index in [0.717, 1.165) is 11.8 Å². The smallest absolute Gasteiger partial charge is 0.0524 e. The minimum atomic E-state index is 0.777. The van der Waals surface area contributed by atoms with Crippen molar-refractivity contribution in [3.05, 3.63) is 17.5 Å². The largest absolute Gasteiger partial charge is 0.282 e. The zero-order valence-corrected chi connectivity index (χ0v) is 7.80. The summed E-state index contributed by atoms with van der Waals surface area (Å²) < 4.78 is 0. The first kappa shape index (κ1) is 7.84. The van der Waals surface area contributed by atoms with Crippen LogP contribution in [-0.2, 0) is 6.42 Å². The first-order valence-corrected chi connectivity index (χ1v) is 4.79. The van der Waals surface area contributed by atoms with E-state index in [9.17, 15) is 0 Å². The number of aromatic nitrogens is 2. The number of aromatic amines is 1. The van der Waals surface area contributed by atoms with Crippen molar-refractivity contribution >= 4 is 0 Å². The Hall–Kier alpha value is -0.790. The number of aryl methyl sites for hydroxylation is 1. The summed E-state index contributed by atoms with van der Waals surface area (Å²) in [5, 5.41) is 7.15. The van der Waals surface area contributed by atoms with Crippen LogP contribution in [0.5, 0.6) is 0 Å². The average molecular weight is 164 g/mol. The van der Waals surface area contributed by atoms with Crippen LogP contribution in [0, 0.1) is 5.92 Å². The third kappa shape index (κ3) is 1.26. The summed E-state index contributed by atoms with van der Waals surface area (Å²) in [5.41, 5.74) is 2.85. The molecular weight excluding hydrogens is 148 g/mol. The van der Waals surface area contributed by atoms with Gasteiger partial charge in [0, 0.05) is 5.69 Å². The number of H-pyrrole nitrogens is 1. The van der Waals surface area contributed by atoms with Crippen LogP contribution < -0.4 is 0 Å². The van der Waals surface area contributed by atoms with Crippen LogP contribution in [0.2, 0.25) is 0 Å². The van der Waals surface area contributed by atoms with Crippen molar-refractivity contribution in [2.75, 3.05) is 0 Å². The highest BCUT2D eigenvalue weighted by Crippen LogP contribution is 2.35. The SMILES string of the molecule is CC(C)CC1CCc2[nH]ncc21. The van der Waals surface area contributed by atoms with Crippen molar-refractivity contribution in [3.8, 4) is 0 Å². The fourth-order valence-corrected chi connectivity index (χ4v) is 2.16. The second-order valence-electron chi connectivity index (χ2n) is 4.17. The summed E-state index contributed by atoms with van der Waals surface area (Å²) in [6.45, 7) is 4.58. The summed E-state index contributed by atoms with van der Waals surface area (Å²) in [4.78, 5) is 0. The second kappa shape index (κ2) is 2.92. The van der Waals surface area contributed by atoms with Crippen LogP contribution in [-0.4, -0.2) is 10.2 Å². The average Bonchev–Trinajstić information content (AvgIpc) is 2.52. The molecule has 0 bridgehead atoms. The molecule has 1 aliphatic carbocycles. The standard InChI is InChI=1S/C10H16N2/c1-7(2)5-8-3-4-10-9(8)6-11-12-10/h6-8H,3-5H2,1-2H3,(H,11,12). The normalized spacial score (nSPS) is 21.8. The lowest BCUT2D eigenvalue weighted by atomic mass is 9.93. The van der Waals surface area contributed by atoms with Crippen molar-refractivity contribution in [3.63, 3.8) is 0 Å². The molecule has 1 N–H and O–H groups in total. The van der Waals surface area contributed by atoms with E-state index in [0.29, 0.717) is 0 Å². The van der Waals surface area contributed by atoms with Gasteiger partial charge in [0.05, 0.1) is 6.20 Å². The lowest BCUT2D eigenvalue weighted by molar-refractivity contribution is 0.496. The molecule has 0 amide bonds. The molecule has 0 aromatic carbocycles. The van der Waals surface area contributed by atoms with Crippen LogP contribution in [0.3, 0.4) is 0 Å². The summed E-state index contributed by atoms with van der Waals surface area (Å²) in [7, 11) is 0. The first-order valence-electron chi connectivity index (χ1n) is 4.79. The fraction of sp³-hybridized carbons (Fsp3) is 0.700. The summed E-state index contributed by atoms with van der Waals surface area (Å²) in [6, 6.07) is 0. The van der Waals surface area contributed by atoms with Crippen molar-refractivity contribution in [2.24, 2.45) is 5.92 Å². The Morgan fingerprint density at radius 3 is 3.25 bits per heavy atom. The van der Waals surface area contributed by atoms with Gasteiger partial charge in [0.2, 0.25) is 0 Å². The van der Waals surface area contributed by atoms with Crippen molar-refractivity contribution in [1.82, 2.24) is 10.2 Å². The van der Waals surface area contributed by atoms with Crippen LogP contribution in [0.25, 0.3) is 0 Å². The first-order chi connectivity index (χ1) is 5.77. The van der Waals surface area contributed by atoms with E-state index in [1.165, 1.54) is 30.5 Å². The van der Waals surface area contributed by atoms with Gasteiger partial charge in [-0.15, -0.1) is 0 Å². The molecule has 2 nitrogen and oxygen atoms in total. The monoisotopic (exact) mass is 164 g/mol. The molecule has 0 fully saturated rings. The van der Waals surface area contributed by atoms with E-state index in [1.54, 1.807) is 0 Å². The van der Waals surface area contributed by atoms with Gasteiger partial charge < -0.3 is 0 Å². The maximum atomic E-state index is 4.08. The number of hydrogen-bond acceptors (Lipinski definition) is 1. The molecule has 1 aliphatic rings. The van der Waals surface area contributed by atoms with Crippen molar-refractivity contribution in [2.45, 2.75) is 39.0 Å². The quantitative estimate of drug-likeness (QED) is 0.714. The fourth-order valence-electron chi connectivity index (χ4n) is 2.16. The number of nitrogens with zero attached hydrogens (tertiary/aromatic N) is 1. The van der Waals surface area contributed by atoms with Gasteiger partial charge in [0.15, 0.2) is 0 Å². The Morgan fingerprint density at radius 2 is 2.50 bits per heavy atom. The molecular formula is C10H16N2. The molecule has 0 radical (unpaired) electrons. The van der Waals surface area contributed by atoms with Gasteiger partial charge in [0.25, 0.3) is 0 Å². The second-order valence-corrected chi connectivity index (χ2v) is 4.17. The number of nitrogens with one attached hydrogen (secondary N) is 1. The third-order valence-electron chi connectivity index (χ3n) is 2.69. The highest BCUT2D eigenvalue weighted by molar-refractivity contribution is 5.26. The molecule has 0 spiro atoms. The Morgan fingerprint density at radius 1 is 1.67 bits per heavy atom. The number of hydrogen-bond donors (Lipinski definition) is 1. The van der Waals surface area contributed by atoms with Gasteiger partial charge in [-0.05, 0) is 36.7 Å². The Balaban J connectivity index is 2.12. The van der Waals surface area contributed by atoms with E-state index in [4.69, 9.17) is 0 Å². The van der Waals surface area contributed by atoms with Gasteiger partial charge in [0.1, 0.15) is 0 Å². The minimum absolute atomic E-state index is 0.777. The summed E-state index contributed by atoms with van der Waals surface area (Å²) in [6.07, 6.45) is 5.84. The Bertz CT molecular complexity index is 263. The summed E-state index contributed by atoms with van der Waals surface area (Å²) >= 11 is 0. The van der Waals surface area contributed by atoms with Crippen molar-refractivity contribution < 1.29 is 0 Å². The molecule has 2 rings (SSSR count). The van der Waals surface area contributed by atoms with E-state index in [2.05, 4.69) is 24.0 Å². The van der Waals surface area contributed by atoms with Crippen LogP contribution in [0.1, 0.15) is 43.9 Å². The van der Waals surface area contributed by atoms with Gasteiger partial charge in [-0.2, -0.15) is 5.10 Å². The van der Waals surface area contributed by atoms with Crippen LogP contribution in [0.4, 0.5) is 0 Å². The lowest BCUT2D eigenvalue weighted by Gasteiger charge is -2.11. The predicted molar refractivity (Wildman–Crippen MR) is 49.1 cm³/mol. The molecule has 1 heterocycles. The Kier molecular flexibility index (Phi) is 1.91. The maximum absolute atomic E-state index is 4.08. The Labute approximate surface area is 73.4 Å². The van der Waals surface area contributed by atoms with Gasteiger partial charge in [-0.3, -0.25) is 5.10 Å². The number of rotatable bonds is 2. The minimum Gasteiger partial charge on any atom is -0.282 e. The van der Waals surface area contributed by atoms with Gasteiger partial charge in [-0.25, -0.2) is 0 Å². The molecule has 0 saturated heterocycles. The third-order valence-corrected chi connectivity index (χ3v) is 2.69. The highest BCUT2D eigenvalue weighted by Gasteiger charge is 2.24. The van der Waals surface area contributed by atoms with Crippen LogP contribution >= 0.6 is 0 Å². The molecule has 2 heteroatoms. The molecule has 1 aromatic rings. The molecule has 1 atom stereocenters. The zero-order valence-electron chi connectivity index (χ0n) is 7.80. The highest BCUT2D eigenvalue weighted by atomic mass is 15.1. The topological polar surface area (TPSA) is 28.7 Å². The van der Waals surface area contributed by atoms with E-state index in [1.807, 2.05) is 6.20 Å². The predicted octanol–water partition coefficient (Wildman–Crippen LogP) is 2.49. The zero-order chi connectivity index (χ0) is 8.55. The van der Waals surface area contributed by atoms with E-state index >= 15 is 0 Å². The van der Waals surface area contributed by atoms with E-state index in [-0.39, 0.29) is 0 Å². The maximum Gasteiger partial charge on any atom is 0.0524 e. The molecule has 1 unspecified atom stereocenters. The number of fused-ring (bicyclic) bond motifs is 1. The van der Waals surface area contributed by atoms with Gasteiger partial charge in [-0.1, -0.05) is 13.8 Å². The molecule has 66 valence electrons. The molecule has 12 heavy (non-hydrogen) atoms. The molecule has 1 aromatic heterocycles. The lowest BCUT2D eigenvalue weighted by Crippen LogP contribution is -1.97. The van der Waals surface area contributed by atoms with Crippen LogP contribution in [0.15, 0.2) is 6.20 Å². The van der Waals surface area contributed by atoms with Gasteiger partial charge >= 0.3 is 0 Å². The van der Waals surface area contributed by atoms with Crippen molar-refractivity contribution in [1.29, 1.82) is 0 Å².